The van der Waals surface area contributed by atoms with Crippen LogP contribution in [0.15, 0.2) is 0 Å². The maximum atomic E-state index is 4.25. The number of hydrogen-bond acceptors (Lipinski definition) is 3. The Morgan fingerprint density at radius 2 is 1.87 bits per heavy atom. The standard InChI is InChI=1S/C12H23N2S/c1-12-4-2-3-5-14(12)7-6-13-8-10-15-11-9-13/h12H,1-11H2. The van der Waals surface area contributed by atoms with Crippen LogP contribution in [-0.2, 0) is 0 Å². The molecule has 0 N–H and O–H groups in total. The van der Waals surface area contributed by atoms with E-state index >= 15 is 0 Å². The van der Waals surface area contributed by atoms with Gasteiger partial charge in [0.1, 0.15) is 0 Å². The molecule has 0 aromatic heterocycles. The minimum Gasteiger partial charge on any atom is -0.300 e. The lowest BCUT2D eigenvalue weighted by atomic mass is 10.0. The normalized spacial score (nSPS) is 30.6. The highest BCUT2D eigenvalue weighted by Gasteiger charge is 2.19. The molecule has 0 spiro atoms. The fourth-order valence-electron chi connectivity index (χ4n) is 2.45. The molecule has 3 heteroatoms. The predicted molar refractivity (Wildman–Crippen MR) is 68.3 cm³/mol. The minimum atomic E-state index is 0.581. The fraction of sp³-hybridized carbons (Fsp3) is 0.917. The smallest absolute Gasteiger partial charge is 0.0112 e. The van der Waals surface area contributed by atoms with Crippen molar-refractivity contribution < 1.29 is 0 Å². The molecule has 0 aliphatic carbocycles. The van der Waals surface area contributed by atoms with Crippen LogP contribution in [0.2, 0.25) is 0 Å². The molecule has 1 unspecified atom stereocenters. The van der Waals surface area contributed by atoms with Gasteiger partial charge >= 0.3 is 0 Å². The van der Waals surface area contributed by atoms with Crippen molar-refractivity contribution in [3.63, 3.8) is 0 Å². The van der Waals surface area contributed by atoms with Crippen molar-refractivity contribution in [3.05, 3.63) is 6.92 Å². The zero-order valence-electron chi connectivity index (χ0n) is 9.66. The largest absolute Gasteiger partial charge is 0.300 e. The van der Waals surface area contributed by atoms with Crippen LogP contribution in [0.5, 0.6) is 0 Å². The first-order chi connectivity index (χ1) is 7.36. The van der Waals surface area contributed by atoms with Gasteiger partial charge in [-0.15, -0.1) is 0 Å². The number of rotatable bonds is 3. The molecule has 0 aromatic carbocycles. The molecular formula is C12H23N2S. The lowest BCUT2D eigenvalue weighted by Gasteiger charge is -2.35. The van der Waals surface area contributed by atoms with Crippen molar-refractivity contribution in [3.8, 4) is 0 Å². The van der Waals surface area contributed by atoms with Gasteiger partial charge in [0.15, 0.2) is 0 Å². The van der Waals surface area contributed by atoms with E-state index in [2.05, 4.69) is 28.5 Å². The zero-order valence-corrected chi connectivity index (χ0v) is 10.5. The average molecular weight is 227 g/mol. The van der Waals surface area contributed by atoms with Gasteiger partial charge < -0.3 is 4.90 Å². The third-order valence-electron chi connectivity index (χ3n) is 3.56. The van der Waals surface area contributed by atoms with Crippen LogP contribution in [0.25, 0.3) is 0 Å². The van der Waals surface area contributed by atoms with Gasteiger partial charge in [-0.3, -0.25) is 4.90 Å². The maximum Gasteiger partial charge on any atom is 0.0112 e. The summed E-state index contributed by atoms with van der Waals surface area (Å²) >= 11 is 2.09. The molecule has 0 amide bonds. The highest BCUT2D eigenvalue weighted by atomic mass is 32.2. The molecule has 2 aliphatic rings. The van der Waals surface area contributed by atoms with Crippen LogP contribution in [0, 0.1) is 6.92 Å². The number of thioether (sulfide) groups is 1. The molecule has 1 atom stereocenters. The summed E-state index contributed by atoms with van der Waals surface area (Å²) in [7, 11) is 0. The van der Waals surface area contributed by atoms with E-state index in [1.165, 1.54) is 63.5 Å². The Hall–Kier alpha value is 0.270. The van der Waals surface area contributed by atoms with Crippen LogP contribution in [0.3, 0.4) is 0 Å². The van der Waals surface area contributed by atoms with Crippen LogP contribution < -0.4 is 0 Å². The molecule has 2 heterocycles. The summed E-state index contributed by atoms with van der Waals surface area (Å²) in [6, 6.07) is 0.581. The van der Waals surface area contributed by atoms with Crippen molar-refractivity contribution in [2.24, 2.45) is 0 Å². The van der Waals surface area contributed by atoms with Gasteiger partial charge in [0, 0.05) is 43.7 Å². The Morgan fingerprint density at radius 1 is 1.07 bits per heavy atom. The number of hydrogen-bond donors (Lipinski definition) is 0. The SMILES string of the molecule is [CH2]C1CCCCN1CCN1CCSCC1. The van der Waals surface area contributed by atoms with E-state index in [9.17, 15) is 0 Å². The van der Waals surface area contributed by atoms with E-state index in [1.54, 1.807) is 0 Å². The van der Waals surface area contributed by atoms with Gasteiger partial charge in [-0.25, -0.2) is 0 Å². The summed E-state index contributed by atoms with van der Waals surface area (Å²) in [5, 5.41) is 0. The van der Waals surface area contributed by atoms with Gasteiger partial charge in [-0.1, -0.05) is 6.42 Å². The lowest BCUT2D eigenvalue weighted by molar-refractivity contribution is 0.152. The molecule has 0 bridgehead atoms. The highest BCUT2D eigenvalue weighted by Crippen LogP contribution is 2.16. The molecule has 15 heavy (non-hydrogen) atoms. The summed E-state index contributed by atoms with van der Waals surface area (Å²) in [4.78, 5) is 5.18. The second kappa shape index (κ2) is 6.12. The summed E-state index contributed by atoms with van der Waals surface area (Å²) in [5.41, 5.74) is 0. The second-order valence-corrected chi connectivity index (χ2v) is 5.86. The topological polar surface area (TPSA) is 6.48 Å². The summed E-state index contributed by atoms with van der Waals surface area (Å²) in [5.74, 6) is 2.65. The van der Waals surface area contributed by atoms with Crippen molar-refractivity contribution in [1.29, 1.82) is 0 Å². The molecule has 87 valence electrons. The molecule has 2 aliphatic heterocycles. The molecule has 2 saturated heterocycles. The zero-order chi connectivity index (χ0) is 10.5. The first-order valence-electron chi connectivity index (χ1n) is 6.23. The van der Waals surface area contributed by atoms with Gasteiger partial charge in [0.2, 0.25) is 0 Å². The molecule has 2 fully saturated rings. The van der Waals surface area contributed by atoms with E-state index in [-0.39, 0.29) is 0 Å². The van der Waals surface area contributed by atoms with E-state index in [1.807, 2.05) is 0 Å². The maximum absolute atomic E-state index is 4.25. The van der Waals surface area contributed by atoms with Gasteiger partial charge in [0.05, 0.1) is 0 Å². The van der Waals surface area contributed by atoms with Crippen molar-refractivity contribution in [2.75, 3.05) is 44.2 Å². The fourth-order valence-corrected chi connectivity index (χ4v) is 3.43. The summed E-state index contributed by atoms with van der Waals surface area (Å²) < 4.78 is 0. The van der Waals surface area contributed by atoms with E-state index in [0.717, 1.165) is 0 Å². The lowest BCUT2D eigenvalue weighted by Crippen LogP contribution is -2.44. The quantitative estimate of drug-likeness (QED) is 0.725. The Kier molecular flexibility index (Phi) is 4.79. The Balaban J connectivity index is 1.67. The Bertz CT molecular complexity index is 180. The van der Waals surface area contributed by atoms with Gasteiger partial charge in [-0.2, -0.15) is 11.8 Å². The number of likely N-dealkylation sites (tertiary alicyclic amines) is 1. The third-order valence-corrected chi connectivity index (χ3v) is 4.50. The molecular weight excluding hydrogens is 204 g/mol. The molecule has 1 radical (unpaired) electrons. The van der Waals surface area contributed by atoms with Crippen molar-refractivity contribution in [2.45, 2.75) is 25.3 Å². The molecule has 0 saturated carbocycles. The van der Waals surface area contributed by atoms with E-state index < -0.39 is 0 Å². The molecule has 2 nitrogen and oxygen atoms in total. The average Bonchev–Trinajstić information content (AvgIpc) is 2.29. The van der Waals surface area contributed by atoms with Crippen LogP contribution in [0.1, 0.15) is 19.3 Å². The first kappa shape index (κ1) is 11.7. The number of nitrogens with zero attached hydrogens (tertiary/aromatic N) is 2. The second-order valence-electron chi connectivity index (χ2n) is 4.64. The van der Waals surface area contributed by atoms with Crippen LogP contribution >= 0.6 is 11.8 Å². The highest BCUT2D eigenvalue weighted by molar-refractivity contribution is 7.99. The Morgan fingerprint density at radius 3 is 2.60 bits per heavy atom. The van der Waals surface area contributed by atoms with E-state index in [0.29, 0.717) is 6.04 Å². The molecule has 0 aromatic rings. The first-order valence-corrected chi connectivity index (χ1v) is 7.39. The predicted octanol–water partition coefficient (Wildman–Crippen LogP) is 1.72. The molecule has 2 rings (SSSR count). The van der Waals surface area contributed by atoms with Crippen molar-refractivity contribution in [1.82, 2.24) is 9.80 Å². The monoisotopic (exact) mass is 227 g/mol. The van der Waals surface area contributed by atoms with Gasteiger partial charge in [-0.05, 0) is 26.3 Å². The summed E-state index contributed by atoms with van der Waals surface area (Å²) in [6.07, 6.45) is 4.06. The van der Waals surface area contributed by atoms with E-state index in [4.69, 9.17) is 0 Å². The van der Waals surface area contributed by atoms with Crippen LogP contribution in [-0.4, -0.2) is 60.1 Å². The number of piperidine rings is 1. The third kappa shape index (κ3) is 3.65. The Labute approximate surface area is 98.4 Å². The minimum absolute atomic E-state index is 0.581. The summed E-state index contributed by atoms with van der Waals surface area (Å²) in [6.45, 7) is 10.6. The van der Waals surface area contributed by atoms with Crippen LogP contribution in [0.4, 0.5) is 0 Å². The van der Waals surface area contributed by atoms with Crippen molar-refractivity contribution >= 4 is 11.8 Å². The van der Waals surface area contributed by atoms with Gasteiger partial charge in [0.25, 0.3) is 0 Å².